The fourth-order valence-electron chi connectivity index (χ4n) is 8.65. The molecular weight excluding hydrogens is 873 g/mol. The van der Waals surface area contributed by atoms with Crippen molar-refractivity contribution in [1.82, 2.24) is 0 Å². The minimum absolute atomic E-state index is 0.0385. The molecule has 4 N–H and O–H groups in total. The van der Waals surface area contributed by atoms with Crippen LogP contribution in [0.3, 0.4) is 0 Å². The van der Waals surface area contributed by atoms with Gasteiger partial charge in [-0.2, -0.15) is 8.42 Å². The van der Waals surface area contributed by atoms with E-state index in [9.17, 15) is 33.1 Å². The molecule has 396 valence electrons. The van der Waals surface area contributed by atoms with Crippen molar-refractivity contribution in [2.45, 2.75) is 288 Å². The summed E-state index contributed by atoms with van der Waals surface area (Å²) in [6, 6.07) is 0. The van der Waals surface area contributed by atoms with Gasteiger partial charge in [-0.25, -0.2) is 4.18 Å². The minimum Gasteiger partial charge on any atom is -0.457 e. The van der Waals surface area contributed by atoms with Crippen molar-refractivity contribution in [3.63, 3.8) is 0 Å². The van der Waals surface area contributed by atoms with Crippen LogP contribution in [0.25, 0.3) is 0 Å². The molecule has 13 heteroatoms. The van der Waals surface area contributed by atoms with Crippen LogP contribution in [0.5, 0.6) is 0 Å². The van der Waals surface area contributed by atoms with Gasteiger partial charge in [0.15, 0.2) is 6.29 Å². The molecule has 0 aromatic heterocycles. The maximum absolute atomic E-state index is 12.9. The second-order valence-electron chi connectivity index (χ2n) is 19.2. The first-order valence-electron chi connectivity index (χ1n) is 27.6. The van der Waals surface area contributed by atoms with Gasteiger partial charge in [-0.3, -0.25) is 9.35 Å². The third kappa shape index (κ3) is 39.0. The van der Waals surface area contributed by atoms with Crippen LogP contribution in [0.1, 0.15) is 251 Å². The molecule has 0 spiro atoms. The zero-order chi connectivity index (χ0) is 48.9. The van der Waals surface area contributed by atoms with Gasteiger partial charge in [0.25, 0.3) is 0 Å². The van der Waals surface area contributed by atoms with E-state index in [-0.39, 0.29) is 19.6 Å². The zero-order valence-corrected chi connectivity index (χ0v) is 43.5. The highest BCUT2D eigenvalue weighted by atomic mass is 32.3. The van der Waals surface area contributed by atoms with Gasteiger partial charge in [0, 0.05) is 13.0 Å². The predicted octanol–water partition coefficient (Wildman–Crippen LogP) is 13.1. The summed E-state index contributed by atoms with van der Waals surface area (Å²) >= 11 is 0. The molecule has 1 fully saturated rings. The molecule has 0 aromatic carbocycles. The van der Waals surface area contributed by atoms with Gasteiger partial charge in [-0.1, -0.05) is 224 Å². The molecule has 1 saturated heterocycles. The van der Waals surface area contributed by atoms with Crippen LogP contribution in [-0.2, 0) is 38.3 Å². The van der Waals surface area contributed by atoms with E-state index < -0.39 is 59.8 Å². The summed E-state index contributed by atoms with van der Waals surface area (Å²) in [5.74, 6) is -0.395. The maximum atomic E-state index is 12.9. The molecule has 1 rings (SSSR count). The lowest BCUT2D eigenvalue weighted by Gasteiger charge is -2.41. The number of allylic oxidation sites excluding steroid dienone is 4. The molecule has 67 heavy (non-hydrogen) atoms. The molecule has 0 amide bonds. The third-order valence-electron chi connectivity index (χ3n) is 12.8. The van der Waals surface area contributed by atoms with Gasteiger partial charge in [-0.15, -0.1) is 0 Å². The zero-order valence-electron chi connectivity index (χ0n) is 42.7. The first-order chi connectivity index (χ1) is 32.6. The van der Waals surface area contributed by atoms with Crippen molar-refractivity contribution in [2.75, 3.05) is 26.4 Å². The quantitative estimate of drug-likeness (QED) is 0.0197. The van der Waals surface area contributed by atoms with E-state index in [0.717, 1.165) is 44.9 Å². The van der Waals surface area contributed by atoms with Gasteiger partial charge in [0.05, 0.1) is 19.8 Å². The number of unbranched alkanes of at least 4 members (excludes halogenated alkanes) is 32. The van der Waals surface area contributed by atoms with E-state index in [1.165, 1.54) is 180 Å². The lowest BCUT2D eigenvalue weighted by molar-refractivity contribution is -0.301. The number of carbonyl (C=O) groups is 1. The van der Waals surface area contributed by atoms with Gasteiger partial charge in [-0.05, 0) is 44.9 Å². The Bertz CT molecular complexity index is 1260. The van der Waals surface area contributed by atoms with E-state index in [0.29, 0.717) is 13.0 Å². The van der Waals surface area contributed by atoms with E-state index in [2.05, 4.69) is 42.3 Å². The number of esters is 1. The Kier molecular flexibility index (Phi) is 43.4. The van der Waals surface area contributed by atoms with E-state index in [1.54, 1.807) is 0 Å². The van der Waals surface area contributed by atoms with Crippen molar-refractivity contribution < 1.29 is 56.2 Å². The molecule has 6 atom stereocenters. The SMILES string of the molecule is CCCCCCC/C=C\C/C=C\CCCCCCCCCCCCOCC(COC1OC(CO)C(O)C(OS(=O)(=O)O)C1O)OC(=O)CCCCCCCCCCCCCCCCCCCC. The average molecular weight is 975 g/mol. The fourth-order valence-corrected chi connectivity index (χ4v) is 9.16. The monoisotopic (exact) mass is 975 g/mol. The van der Waals surface area contributed by atoms with Crippen LogP contribution in [-0.4, -0.2) is 97.5 Å². The average Bonchev–Trinajstić information content (AvgIpc) is 3.30. The molecular formula is C54H102O12S. The highest BCUT2D eigenvalue weighted by Crippen LogP contribution is 2.26. The number of ether oxygens (including phenoxy) is 4. The summed E-state index contributed by atoms with van der Waals surface area (Å²) in [6.45, 7) is 4.03. The first kappa shape index (κ1) is 63.6. The topological polar surface area (TPSA) is 178 Å². The van der Waals surface area contributed by atoms with Crippen LogP contribution in [0.15, 0.2) is 24.3 Å². The number of aliphatic hydroxyl groups excluding tert-OH is 3. The molecule has 0 radical (unpaired) electrons. The largest absolute Gasteiger partial charge is 0.457 e. The Morgan fingerprint density at radius 2 is 0.985 bits per heavy atom. The molecule has 0 bridgehead atoms. The molecule has 1 aliphatic rings. The molecule has 12 nitrogen and oxygen atoms in total. The lowest BCUT2D eigenvalue weighted by atomic mass is 9.99. The Balaban J connectivity index is 2.31. The van der Waals surface area contributed by atoms with Crippen LogP contribution >= 0.6 is 0 Å². The lowest BCUT2D eigenvalue weighted by Crippen LogP contribution is -2.60. The Morgan fingerprint density at radius 3 is 1.42 bits per heavy atom. The Hall–Kier alpha value is -1.42. The number of aliphatic hydroxyl groups is 3. The standard InChI is InChI=1S/C54H102O12S/c1-3-5-7-9-11-13-15-17-19-21-23-24-25-26-28-30-32-34-36-38-40-42-44-62-46-48(47-63-54-52(58)53(66-67(59,60)61)51(57)49(45-55)65-54)64-50(56)43-41-39-37-35-33-31-29-27-22-20-18-16-14-12-10-8-6-4-2/h15,17,21,23,48-49,51-55,57-58H,3-14,16,18-20,22,24-47H2,1-2H3,(H,59,60,61)/b17-15-,23-21-. The van der Waals surface area contributed by atoms with E-state index in [1.807, 2.05) is 0 Å². The molecule has 6 unspecified atom stereocenters. The van der Waals surface area contributed by atoms with Crippen LogP contribution < -0.4 is 0 Å². The van der Waals surface area contributed by atoms with Gasteiger partial charge in [0.1, 0.15) is 30.5 Å². The van der Waals surface area contributed by atoms with Crippen molar-refractivity contribution in [2.24, 2.45) is 0 Å². The fraction of sp³-hybridized carbons (Fsp3) is 0.907. The second-order valence-corrected chi connectivity index (χ2v) is 20.2. The van der Waals surface area contributed by atoms with E-state index in [4.69, 9.17) is 18.9 Å². The Labute approximate surface area is 410 Å². The van der Waals surface area contributed by atoms with Crippen LogP contribution in [0.2, 0.25) is 0 Å². The number of hydrogen-bond acceptors (Lipinski definition) is 11. The summed E-state index contributed by atoms with van der Waals surface area (Å²) in [4.78, 5) is 12.9. The highest BCUT2D eigenvalue weighted by molar-refractivity contribution is 7.80. The summed E-state index contributed by atoms with van der Waals surface area (Å²) in [6.07, 6.45) is 44.9. The van der Waals surface area contributed by atoms with Crippen LogP contribution in [0.4, 0.5) is 0 Å². The van der Waals surface area contributed by atoms with Gasteiger partial charge in [0.2, 0.25) is 0 Å². The second kappa shape index (κ2) is 45.7. The van der Waals surface area contributed by atoms with Crippen molar-refractivity contribution in [3.8, 4) is 0 Å². The number of carbonyl (C=O) groups excluding carboxylic acids is 1. The maximum Gasteiger partial charge on any atom is 0.397 e. The van der Waals surface area contributed by atoms with Gasteiger partial charge < -0.3 is 34.3 Å². The summed E-state index contributed by atoms with van der Waals surface area (Å²) in [5, 5.41) is 30.8. The van der Waals surface area contributed by atoms with E-state index >= 15 is 0 Å². The van der Waals surface area contributed by atoms with Crippen molar-refractivity contribution in [1.29, 1.82) is 0 Å². The van der Waals surface area contributed by atoms with Crippen molar-refractivity contribution >= 4 is 16.4 Å². The molecule has 1 aliphatic heterocycles. The summed E-state index contributed by atoms with van der Waals surface area (Å²) in [5.41, 5.74) is 0. The number of hydrogen-bond donors (Lipinski definition) is 4. The third-order valence-corrected chi connectivity index (χ3v) is 13.3. The molecule has 0 aliphatic carbocycles. The van der Waals surface area contributed by atoms with Crippen LogP contribution in [0, 0.1) is 0 Å². The predicted molar refractivity (Wildman–Crippen MR) is 271 cm³/mol. The van der Waals surface area contributed by atoms with Gasteiger partial charge >= 0.3 is 16.4 Å². The smallest absolute Gasteiger partial charge is 0.397 e. The highest BCUT2D eigenvalue weighted by Gasteiger charge is 2.48. The summed E-state index contributed by atoms with van der Waals surface area (Å²) < 4.78 is 59.4. The minimum atomic E-state index is -5.06. The van der Waals surface area contributed by atoms with Crippen molar-refractivity contribution in [3.05, 3.63) is 24.3 Å². The Morgan fingerprint density at radius 1 is 0.567 bits per heavy atom. The number of rotatable bonds is 49. The molecule has 0 aromatic rings. The summed E-state index contributed by atoms with van der Waals surface area (Å²) in [7, 11) is -5.06. The molecule has 1 heterocycles. The molecule has 0 saturated carbocycles. The first-order valence-corrected chi connectivity index (χ1v) is 29.0. The normalized spacial score (nSPS) is 19.5.